The van der Waals surface area contributed by atoms with Gasteiger partial charge < -0.3 is 4.74 Å². The SMILES string of the molecule is CCOC(=O)CCn1nc(C)cc1C. The van der Waals surface area contributed by atoms with Crippen molar-refractivity contribution < 1.29 is 9.53 Å². The highest BCUT2D eigenvalue weighted by atomic mass is 16.5. The largest absolute Gasteiger partial charge is 0.466 e. The third kappa shape index (κ3) is 2.87. The summed E-state index contributed by atoms with van der Waals surface area (Å²) < 4.78 is 6.66. The molecular weight excluding hydrogens is 180 g/mol. The smallest absolute Gasteiger partial charge is 0.307 e. The van der Waals surface area contributed by atoms with Gasteiger partial charge in [-0.15, -0.1) is 0 Å². The molecule has 0 spiro atoms. The minimum atomic E-state index is -0.167. The summed E-state index contributed by atoms with van der Waals surface area (Å²) in [6.45, 7) is 6.76. The van der Waals surface area contributed by atoms with Crippen molar-refractivity contribution in [2.45, 2.75) is 33.7 Å². The first-order valence-corrected chi connectivity index (χ1v) is 4.80. The van der Waals surface area contributed by atoms with Crippen LogP contribution in [0.3, 0.4) is 0 Å². The molecule has 0 aromatic carbocycles. The second-order valence-corrected chi connectivity index (χ2v) is 3.21. The van der Waals surface area contributed by atoms with E-state index >= 15 is 0 Å². The van der Waals surface area contributed by atoms with Crippen molar-refractivity contribution in [2.75, 3.05) is 6.61 Å². The van der Waals surface area contributed by atoms with E-state index in [9.17, 15) is 4.79 Å². The highest BCUT2D eigenvalue weighted by Gasteiger charge is 2.05. The van der Waals surface area contributed by atoms with Crippen LogP contribution in [0.15, 0.2) is 6.07 Å². The quantitative estimate of drug-likeness (QED) is 0.685. The third-order valence-corrected chi connectivity index (χ3v) is 1.94. The van der Waals surface area contributed by atoms with Gasteiger partial charge in [-0.1, -0.05) is 0 Å². The van der Waals surface area contributed by atoms with E-state index in [-0.39, 0.29) is 5.97 Å². The Morgan fingerprint density at radius 3 is 2.79 bits per heavy atom. The van der Waals surface area contributed by atoms with Crippen LogP contribution in [0.4, 0.5) is 0 Å². The van der Waals surface area contributed by atoms with Crippen molar-refractivity contribution >= 4 is 5.97 Å². The fourth-order valence-electron chi connectivity index (χ4n) is 1.33. The lowest BCUT2D eigenvalue weighted by Crippen LogP contribution is -2.10. The lowest BCUT2D eigenvalue weighted by atomic mass is 10.4. The van der Waals surface area contributed by atoms with Crippen LogP contribution in [0, 0.1) is 13.8 Å². The molecule has 0 radical (unpaired) electrons. The molecule has 0 N–H and O–H groups in total. The summed E-state index contributed by atoms with van der Waals surface area (Å²) in [6, 6.07) is 1.99. The molecule has 0 bridgehead atoms. The van der Waals surface area contributed by atoms with Gasteiger partial charge in [0.2, 0.25) is 0 Å². The van der Waals surface area contributed by atoms with E-state index in [1.165, 1.54) is 0 Å². The zero-order valence-electron chi connectivity index (χ0n) is 8.91. The van der Waals surface area contributed by atoms with Crippen molar-refractivity contribution in [3.8, 4) is 0 Å². The summed E-state index contributed by atoms with van der Waals surface area (Å²) in [4.78, 5) is 11.1. The Morgan fingerprint density at radius 1 is 1.57 bits per heavy atom. The van der Waals surface area contributed by atoms with Crippen molar-refractivity contribution in [3.63, 3.8) is 0 Å². The summed E-state index contributed by atoms with van der Waals surface area (Å²) >= 11 is 0. The Balaban J connectivity index is 2.45. The monoisotopic (exact) mass is 196 g/mol. The molecule has 0 fully saturated rings. The van der Waals surface area contributed by atoms with E-state index in [0.717, 1.165) is 11.4 Å². The molecule has 1 heterocycles. The van der Waals surface area contributed by atoms with Crippen LogP contribution < -0.4 is 0 Å². The second-order valence-electron chi connectivity index (χ2n) is 3.21. The first kappa shape index (κ1) is 10.8. The Labute approximate surface area is 83.9 Å². The Kier molecular flexibility index (Phi) is 3.68. The normalized spacial score (nSPS) is 10.2. The number of esters is 1. The molecule has 0 atom stereocenters. The molecule has 4 nitrogen and oxygen atoms in total. The van der Waals surface area contributed by atoms with Gasteiger partial charge in [0.05, 0.1) is 25.3 Å². The zero-order chi connectivity index (χ0) is 10.6. The Bertz CT molecular complexity index is 318. The molecule has 0 aliphatic rings. The van der Waals surface area contributed by atoms with Gasteiger partial charge in [-0.2, -0.15) is 5.10 Å². The van der Waals surface area contributed by atoms with E-state index in [2.05, 4.69) is 5.10 Å². The number of rotatable bonds is 4. The van der Waals surface area contributed by atoms with Crippen molar-refractivity contribution in [3.05, 3.63) is 17.5 Å². The Morgan fingerprint density at radius 2 is 2.29 bits per heavy atom. The van der Waals surface area contributed by atoms with Gasteiger partial charge in [-0.05, 0) is 26.8 Å². The van der Waals surface area contributed by atoms with Crippen molar-refractivity contribution in [1.29, 1.82) is 0 Å². The standard InChI is InChI=1S/C10H16N2O2/c1-4-14-10(13)5-6-12-9(3)7-8(2)11-12/h7H,4-6H2,1-3H3. The highest BCUT2D eigenvalue weighted by molar-refractivity contribution is 5.69. The number of carbonyl (C=O) groups is 1. The van der Waals surface area contributed by atoms with Crippen LogP contribution in [-0.4, -0.2) is 22.4 Å². The summed E-state index contributed by atoms with van der Waals surface area (Å²) in [6.07, 6.45) is 0.385. The minimum Gasteiger partial charge on any atom is -0.466 e. The van der Waals surface area contributed by atoms with Gasteiger partial charge in [0.25, 0.3) is 0 Å². The zero-order valence-corrected chi connectivity index (χ0v) is 8.91. The van der Waals surface area contributed by atoms with Crippen LogP contribution in [0.5, 0.6) is 0 Å². The fraction of sp³-hybridized carbons (Fsp3) is 0.600. The molecule has 0 aliphatic heterocycles. The first-order valence-electron chi connectivity index (χ1n) is 4.80. The molecular formula is C10H16N2O2. The topological polar surface area (TPSA) is 44.1 Å². The number of carbonyl (C=O) groups excluding carboxylic acids is 1. The number of hydrogen-bond donors (Lipinski definition) is 0. The van der Waals surface area contributed by atoms with Crippen LogP contribution in [-0.2, 0) is 16.1 Å². The van der Waals surface area contributed by atoms with Gasteiger partial charge >= 0.3 is 5.97 Å². The van der Waals surface area contributed by atoms with Gasteiger partial charge in [0, 0.05) is 5.69 Å². The molecule has 0 aliphatic carbocycles. The van der Waals surface area contributed by atoms with E-state index in [4.69, 9.17) is 4.74 Å². The van der Waals surface area contributed by atoms with Crippen LogP contribution in [0.2, 0.25) is 0 Å². The van der Waals surface area contributed by atoms with Gasteiger partial charge in [-0.25, -0.2) is 0 Å². The molecule has 1 rings (SSSR count). The van der Waals surface area contributed by atoms with E-state index < -0.39 is 0 Å². The number of ether oxygens (including phenoxy) is 1. The molecule has 78 valence electrons. The summed E-state index contributed by atoms with van der Waals surface area (Å²) in [5, 5.41) is 4.25. The summed E-state index contributed by atoms with van der Waals surface area (Å²) in [7, 11) is 0. The summed E-state index contributed by atoms with van der Waals surface area (Å²) in [5.41, 5.74) is 2.05. The lowest BCUT2D eigenvalue weighted by molar-refractivity contribution is -0.143. The van der Waals surface area contributed by atoms with Crippen LogP contribution in [0.1, 0.15) is 24.7 Å². The van der Waals surface area contributed by atoms with Gasteiger partial charge in [-0.3, -0.25) is 9.48 Å². The third-order valence-electron chi connectivity index (χ3n) is 1.94. The number of hydrogen-bond acceptors (Lipinski definition) is 3. The Hall–Kier alpha value is -1.32. The number of aryl methyl sites for hydroxylation is 3. The maximum atomic E-state index is 11.1. The van der Waals surface area contributed by atoms with Crippen LogP contribution in [0.25, 0.3) is 0 Å². The lowest BCUT2D eigenvalue weighted by Gasteiger charge is -2.03. The average molecular weight is 196 g/mol. The van der Waals surface area contributed by atoms with Gasteiger partial charge in [0.15, 0.2) is 0 Å². The molecule has 14 heavy (non-hydrogen) atoms. The maximum Gasteiger partial charge on any atom is 0.307 e. The van der Waals surface area contributed by atoms with Crippen molar-refractivity contribution in [1.82, 2.24) is 9.78 Å². The highest BCUT2D eigenvalue weighted by Crippen LogP contribution is 2.02. The second kappa shape index (κ2) is 4.79. The molecule has 0 unspecified atom stereocenters. The van der Waals surface area contributed by atoms with Crippen LogP contribution >= 0.6 is 0 Å². The predicted molar refractivity (Wildman–Crippen MR) is 53.0 cm³/mol. The number of nitrogens with zero attached hydrogens (tertiary/aromatic N) is 2. The molecule has 0 saturated carbocycles. The van der Waals surface area contributed by atoms with E-state index in [0.29, 0.717) is 19.6 Å². The number of aromatic nitrogens is 2. The maximum absolute atomic E-state index is 11.1. The first-order chi connectivity index (χ1) is 6.63. The average Bonchev–Trinajstić information content (AvgIpc) is 2.42. The fourth-order valence-corrected chi connectivity index (χ4v) is 1.33. The molecule has 0 amide bonds. The molecule has 1 aromatic rings. The predicted octanol–water partition coefficient (Wildman–Crippen LogP) is 1.45. The van der Waals surface area contributed by atoms with Gasteiger partial charge in [0.1, 0.15) is 0 Å². The van der Waals surface area contributed by atoms with E-state index in [1.807, 2.05) is 24.6 Å². The molecule has 1 aromatic heterocycles. The molecule has 0 saturated heterocycles. The van der Waals surface area contributed by atoms with Crippen molar-refractivity contribution in [2.24, 2.45) is 0 Å². The molecule has 4 heteroatoms. The summed E-state index contributed by atoms with van der Waals surface area (Å²) in [5.74, 6) is -0.167. The minimum absolute atomic E-state index is 0.167. The van der Waals surface area contributed by atoms with E-state index in [1.54, 1.807) is 6.92 Å².